The van der Waals surface area contributed by atoms with Crippen LogP contribution in [0.5, 0.6) is 0 Å². The summed E-state index contributed by atoms with van der Waals surface area (Å²) in [7, 11) is 0. The van der Waals surface area contributed by atoms with Crippen LogP contribution in [0.25, 0.3) is 0 Å². The van der Waals surface area contributed by atoms with Gasteiger partial charge in [-0.1, -0.05) is 26.8 Å². The molecule has 0 bridgehead atoms. The number of anilines is 1. The van der Waals surface area contributed by atoms with Crippen molar-refractivity contribution in [1.29, 1.82) is 0 Å². The molecule has 0 radical (unpaired) electrons. The fraction of sp³-hybridized carbons (Fsp3) is 0.600. The van der Waals surface area contributed by atoms with Crippen LogP contribution in [0.4, 0.5) is 5.69 Å². The van der Waals surface area contributed by atoms with Gasteiger partial charge in [0.05, 0.1) is 0 Å². The fourth-order valence-corrected chi connectivity index (χ4v) is 3.58. The smallest absolute Gasteiger partial charge is 0.0481 e. The van der Waals surface area contributed by atoms with Crippen LogP contribution in [-0.2, 0) is 5.41 Å². The highest BCUT2D eigenvalue weighted by Gasteiger charge is 2.26. The molecule has 0 spiro atoms. The lowest BCUT2D eigenvalue weighted by molar-refractivity contribution is 0.588. The van der Waals surface area contributed by atoms with Crippen molar-refractivity contribution in [3.8, 4) is 0 Å². The Morgan fingerprint density at radius 3 is 2.67 bits per heavy atom. The number of benzene rings is 1. The van der Waals surface area contributed by atoms with Gasteiger partial charge in [0.2, 0.25) is 0 Å². The van der Waals surface area contributed by atoms with Crippen molar-refractivity contribution in [3.05, 3.63) is 23.8 Å². The number of thioether (sulfide) groups is 1. The molecule has 2 rings (SSSR count). The van der Waals surface area contributed by atoms with E-state index >= 15 is 0 Å². The van der Waals surface area contributed by atoms with Gasteiger partial charge in [0, 0.05) is 21.9 Å². The zero-order valence-electron chi connectivity index (χ0n) is 11.8. The van der Waals surface area contributed by atoms with Crippen LogP contribution in [0, 0.1) is 0 Å². The molecule has 2 atom stereocenters. The highest BCUT2D eigenvalue weighted by molar-refractivity contribution is 8.00. The Kier molecular flexibility index (Phi) is 3.93. The summed E-state index contributed by atoms with van der Waals surface area (Å²) in [6.07, 6.45) is 1.07. The minimum Gasteiger partial charge on any atom is -0.381 e. The first kappa shape index (κ1) is 13.8. The molecule has 1 heterocycles. The van der Waals surface area contributed by atoms with E-state index in [2.05, 4.69) is 51.2 Å². The lowest BCUT2D eigenvalue weighted by Crippen LogP contribution is -2.33. The predicted molar refractivity (Wildman–Crippen MR) is 81.5 cm³/mol. The van der Waals surface area contributed by atoms with E-state index in [1.807, 2.05) is 11.8 Å². The van der Waals surface area contributed by atoms with Crippen molar-refractivity contribution in [1.82, 2.24) is 0 Å². The zero-order chi connectivity index (χ0) is 13.3. The number of rotatable bonds is 2. The molecule has 0 saturated carbocycles. The van der Waals surface area contributed by atoms with Crippen LogP contribution < -0.4 is 11.1 Å². The van der Waals surface area contributed by atoms with Gasteiger partial charge in [0.1, 0.15) is 0 Å². The van der Waals surface area contributed by atoms with Gasteiger partial charge in [-0.05, 0) is 43.0 Å². The van der Waals surface area contributed by atoms with Crippen LogP contribution in [0.1, 0.15) is 39.7 Å². The third-order valence-corrected chi connectivity index (χ3v) is 5.06. The molecule has 1 aliphatic rings. The first-order chi connectivity index (χ1) is 8.41. The van der Waals surface area contributed by atoms with Crippen LogP contribution in [0.15, 0.2) is 23.1 Å². The normalized spacial score (nSPS) is 23.4. The lowest BCUT2D eigenvalue weighted by atomic mass is 9.87. The van der Waals surface area contributed by atoms with Crippen LogP contribution in [0.3, 0.4) is 0 Å². The minimum absolute atomic E-state index is 0.210. The van der Waals surface area contributed by atoms with E-state index in [4.69, 9.17) is 5.73 Å². The number of nitrogens with two attached hydrogens (primary N) is 1. The van der Waals surface area contributed by atoms with E-state index in [1.54, 1.807) is 0 Å². The summed E-state index contributed by atoms with van der Waals surface area (Å²) < 4.78 is 0. The standard InChI is InChI=1S/C15H24N2S/c1-10-13(7-8-16)18-14-9-11(15(2,3)4)5-6-12(14)17-10/h5-6,9-10,13,17H,7-8,16H2,1-4H3. The number of nitrogens with one attached hydrogen (secondary N) is 1. The van der Waals surface area contributed by atoms with Crippen molar-refractivity contribution in [2.45, 2.75) is 55.7 Å². The average Bonchev–Trinajstić information content (AvgIpc) is 2.28. The Balaban J connectivity index is 2.28. The van der Waals surface area contributed by atoms with Crippen molar-refractivity contribution >= 4 is 17.4 Å². The van der Waals surface area contributed by atoms with E-state index in [9.17, 15) is 0 Å². The molecule has 0 amide bonds. The largest absolute Gasteiger partial charge is 0.381 e. The summed E-state index contributed by atoms with van der Waals surface area (Å²) in [5.41, 5.74) is 8.58. The molecule has 1 aromatic rings. The maximum absolute atomic E-state index is 5.70. The summed E-state index contributed by atoms with van der Waals surface area (Å²) >= 11 is 1.98. The van der Waals surface area contributed by atoms with Gasteiger partial charge in [0.15, 0.2) is 0 Å². The lowest BCUT2D eigenvalue weighted by Gasteiger charge is -2.33. The summed E-state index contributed by atoms with van der Waals surface area (Å²) in [6.45, 7) is 9.78. The molecule has 0 aliphatic carbocycles. The highest BCUT2D eigenvalue weighted by atomic mass is 32.2. The van der Waals surface area contributed by atoms with E-state index in [0.29, 0.717) is 11.3 Å². The SMILES string of the molecule is CC1Nc2ccc(C(C)(C)C)cc2SC1CCN. The van der Waals surface area contributed by atoms with Crippen LogP contribution in [-0.4, -0.2) is 17.8 Å². The number of hydrogen-bond acceptors (Lipinski definition) is 3. The summed E-state index contributed by atoms with van der Waals surface area (Å²) in [5, 5.41) is 4.18. The zero-order valence-corrected chi connectivity index (χ0v) is 12.6. The second-order valence-corrected chi connectivity index (χ2v) is 7.41. The molecule has 0 fully saturated rings. The molecule has 0 saturated heterocycles. The van der Waals surface area contributed by atoms with Gasteiger partial charge in [-0.2, -0.15) is 0 Å². The Bertz CT molecular complexity index is 423. The Morgan fingerprint density at radius 1 is 1.33 bits per heavy atom. The van der Waals surface area contributed by atoms with Gasteiger partial charge in [-0.25, -0.2) is 0 Å². The number of hydrogen-bond donors (Lipinski definition) is 2. The van der Waals surface area contributed by atoms with Crippen molar-refractivity contribution in [2.75, 3.05) is 11.9 Å². The Labute approximate surface area is 115 Å². The maximum Gasteiger partial charge on any atom is 0.0481 e. The minimum atomic E-state index is 0.210. The third-order valence-electron chi connectivity index (χ3n) is 3.52. The van der Waals surface area contributed by atoms with E-state index in [0.717, 1.165) is 13.0 Å². The first-order valence-electron chi connectivity index (χ1n) is 6.69. The quantitative estimate of drug-likeness (QED) is 0.857. The second-order valence-electron chi connectivity index (χ2n) is 6.13. The van der Waals surface area contributed by atoms with Gasteiger partial charge >= 0.3 is 0 Å². The molecule has 1 aliphatic heterocycles. The monoisotopic (exact) mass is 264 g/mol. The van der Waals surface area contributed by atoms with E-state index in [1.165, 1.54) is 16.1 Å². The van der Waals surface area contributed by atoms with Gasteiger partial charge in [-0.15, -0.1) is 11.8 Å². The number of fused-ring (bicyclic) bond motifs is 1. The summed E-state index contributed by atoms with van der Waals surface area (Å²) in [5.74, 6) is 0. The molecule has 2 unspecified atom stereocenters. The van der Waals surface area contributed by atoms with E-state index < -0.39 is 0 Å². The molecule has 3 N–H and O–H groups in total. The van der Waals surface area contributed by atoms with Crippen molar-refractivity contribution in [3.63, 3.8) is 0 Å². The predicted octanol–water partition coefficient (Wildman–Crippen LogP) is 3.61. The van der Waals surface area contributed by atoms with Crippen LogP contribution in [0.2, 0.25) is 0 Å². The van der Waals surface area contributed by atoms with Crippen molar-refractivity contribution < 1.29 is 0 Å². The molecule has 18 heavy (non-hydrogen) atoms. The molecular formula is C15H24N2S. The third kappa shape index (κ3) is 2.83. The topological polar surface area (TPSA) is 38.0 Å². The first-order valence-corrected chi connectivity index (χ1v) is 7.57. The van der Waals surface area contributed by atoms with Gasteiger partial charge < -0.3 is 11.1 Å². The fourth-order valence-electron chi connectivity index (χ4n) is 2.28. The molecule has 0 aromatic heterocycles. The average molecular weight is 264 g/mol. The molecule has 1 aromatic carbocycles. The molecule has 100 valence electrons. The van der Waals surface area contributed by atoms with Crippen LogP contribution >= 0.6 is 11.8 Å². The highest BCUT2D eigenvalue weighted by Crippen LogP contribution is 2.41. The molecule has 2 nitrogen and oxygen atoms in total. The second kappa shape index (κ2) is 5.14. The summed E-state index contributed by atoms with van der Waals surface area (Å²) in [4.78, 5) is 1.37. The van der Waals surface area contributed by atoms with Gasteiger partial charge in [-0.3, -0.25) is 0 Å². The maximum atomic E-state index is 5.70. The van der Waals surface area contributed by atoms with E-state index in [-0.39, 0.29) is 5.41 Å². The Morgan fingerprint density at radius 2 is 2.06 bits per heavy atom. The van der Waals surface area contributed by atoms with Crippen molar-refractivity contribution in [2.24, 2.45) is 5.73 Å². The molecule has 3 heteroatoms. The Hall–Kier alpha value is -0.670. The summed E-state index contributed by atoms with van der Waals surface area (Å²) in [6, 6.07) is 7.29. The van der Waals surface area contributed by atoms with Gasteiger partial charge in [0.25, 0.3) is 0 Å². The molecular weight excluding hydrogens is 240 g/mol.